The molecule has 5 aromatic rings. The van der Waals surface area contributed by atoms with Crippen LogP contribution in [0.5, 0.6) is 0 Å². The molecule has 0 unspecified atom stereocenters. The highest BCUT2D eigenvalue weighted by Crippen LogP contribution is 2.31. The largest absolute Gasteiger partial charge is 0.480 e. The maximum Gasteiger partial charge on any atom is 0.416 e. The second-order valence-electron chi connectivity index (χ2n) is 10.3. The number of aliphatic carboxylic acids is 1. The van der Waals surface area contributed by atoms with Crippen LogP contribution in [0.25, 0.3) is 22.3 Å². The maximum atomic E-state index is 13.9. The number of benzene rings is 5. The van der Waals surface area contributed by atoms with Crippen LogP contribution in [0.1, 0.15) is 27.0 Å². The number of alkyl halides is 3. The lowest BCUT2D eigenvalue weighted by atomic mass is 9.98. The van der Waals surface area contributed by atoms with Crippen LogP contribution in [0.2, 0.25) is 5.02 Å². The zero-order valence-electron chi connectivity index (χ0n) is 23.3. The van der Waals surface area contributed by atoms with Crippen molar-refractivity contribution in [3.63, 3.8) is 0 Å². The molecule has 0 bridgehead atoms. The van der Waals surface area contributed by atoms with Crippen molar-refractivity contribution in [3.8, 4) is 22.3 Å². The van der Waals surface area contributed by atoms with Crippen LogP contribution in [0, 0.1) is 0 Å². The van der Waals surface area contributed by atoms with Gasteiger partial charge in [0.15, 0.2) is 0 Å². The minimum atomic E-state index is -4.44. The van der Waals surface area contributed by atoms with E-state index >= 15 is 0 Å². The van der Waals surface area contributed by atoms with Gasteiger partial charge in [-0.1, -0.05) is 103 Å². The third-order valence-corrected chi connectivity index (χ3v) is 7.61. The van der Waals surface area contributed by atoms with Crippen molar-refractivity contribution in [3.05, 3.63) is 155 Å². The Balaban J connectivity index is 1.42. The van der Waals surface area contributed by atoms with E-state index in [1.807, 2.05) is 54.6 Å². The van der Waals surface area contributed by atoms with E-state index in [4.69, 9.17) is 11.6 Å². The first kappa shape index (κ1) is 30.6. The summed E-state index contributed by atoms with van der Waals surface area (Å²) in [7, 11) is 0. The molecule has 0 aliphatic rings. The standard InChI is InChI=1S/C36H27ClF3NO3/c37-32-20-8-25(9-21-32)23-41(33(35(43)44)22-24-6-10-27(11-7-24)26-4-2-1-3-5-26)34(42)30-14-12-28(13-15-30)29-16-18-31(19-17-29)36(38,39)40/h1-21,33H,22-23H2,(H,43,44)/t33-/m0/s1. The van der Waals surface area contributed by atoms with Gasteiger partial charge in [0.05, 0.1) is 5.56 Å². The third kappa shape index (κ3) is 7.36. The quantitative estimate of drug-likeness (QED) is 0.180. The Kier molecular flexibility index (Phi) is 9.16. The van der Waals surface area contributed by atoms with E-state index in [2.05, 4.69) is 0 Å². The maximum absolute atomic E-state index is 13.9. The lowest BCUT2D eigenvalue weighted by molar-refractivity contribution is -0.142. The highest BCUT2D eigenvalue weighted by Gasteiger charge is 2.32. The lowest BCUT2D eigenvalue weighted by Crippen LogP contribution is -2.46. The Morgan fingerprint density at radius 1 is 0.659 bits per heavy atom. The number of rotatable bonds is 9. The van der Waals surface area contributed by atoms with Gasteiger partial charge in [0.25, 0.3) is 5.91 Å². The molecule has 5 rings (SSSR count). The Morgan fingerprint density at radius 2 is 1.14 bits per heavy atom. The fourth-order valence-corrected chi connectivity index (χ4v) is 5.08. The topological polar surface area (TPSA) is 57.6 Å². The zero-order chi connectivity index (χ0) is 31.3. The normalized spacial score (nSPS) is 12.0. The predicted molar refractivity (Wildman–Crippen MR) is 165 cm³/mol. The molecule has 0 heterocycles. The summed E-state index contributed by atoms with van der Waals surface area (Å²) in [5.74, 6) is -1.65. The minimum Gasteiger partial charge on any atom is -0.480 e. The van der Waals surface area contributed by atoms with Gasteiger partial charge < -0.3 is 10.0 Å². The Bertz CT molecular complexity index is 1720. The Morgan fingerprint density at radius 3 is 1.66 bits per heavy atom. The summed E-state index contributed by atoms with van der Waals surface area (Å²) in [5.41, 5.74) is 4.15. The molecule has 0 aliphatic carbocycles. The number of carbonyl (C=O) groups is 2. The van der Waals surface area contributed by atoms with Crippen molar-refractivity contribution in [2.75, 3.05) is 0 Å². The van der Waals surface area contributed by atoms with E-state index in [0.29, 0.717) is 21.7 Å². The molecule has 222 valence electrons. The minimum absolute atomic E-state index is 0.0235. The van der Waals surface area contributed by atoms with Gasteiger partial charge in [-0.05, 0) is 69.8 Å². The van der Waals surface area contributed by atoms with E-state index < -0.39 is 29.7 Å². The van der Waals surface area contributed by atoms with Crippen LogP contribution in [-0.2, 0) is 23.9 Å². The zero-order valence-corrected chi connectivity index (χ0v) is 24.1. The van der Waals surface area contributed by atoms with Crippen molar-refractivity contribution >= 4 is 23.5 Å². The van der Waals surface area contributed by atoms with Gasteiger partial charge >= 0.3 is 12.1 Å². The summed E-state index contributed by atoms with van der Waals surface area (Å²) in [6.07, 6.45) is -4.36. The van der Waals surface area contributed by atoms with E-state index in [-0.39, 0.29) is 18.5 Å². The van der Waals surface area contributed by atoms with Crippen molar-refractivity contribution < 1.29 is 27.9 Å². The smallest absolute Gasteiger partial charge is 0.416 e. The summed E-state index contributed by atoms with van der Waals surface area (Å²) in [4.78, 5) is 27.9. The molecule has 0 saturated carbocycles. The van der Waals surface area contributed by atoms with Gasteiger partial charge in [-0.15, -0.1) is 0 Å². The summed E-state index contributed by atoms with van der Waals surface area (Å²) >= 11 is 6.05. The molecule has 0 aliphatic heterocycles. The number of halogens is 4. The van der Waals surface area contributed by atoms with Crippen molar-refractivity contribution in [1.29, 1.82) is 0 Å². The van der Waals surface area contributed by atoms with Crippen LogP contribution in [0.3, 0.4) is 0 Å². The van der Waals surface area contributed by atoms with Crippen LogP contribution >= 0.6 is 11.6 Å². The molecule has 0 radical (unpaired) electrons. The van der Waals surface area contributed by atoms with Crippen LogP contribution < -0.4 is 0 Å². The molecule has 1 N–H and O–H groups in total. The van der Waals surface area contributed by atoms with E-state index in [1.165, 1.54) is 17.0 Å². The first-order valence-electron chi connectivity index (χ1n) is 13.8. The molecule has 4 nitrogen and oxygen atoms in total. The van der Waals surface area contributed by atoms with Gasteiger partial charge in [0, 0.05) is 23.6 Å². The molecule has 0 spiro atoms. The summed E-state index contributed by atoms with van der Waals surface area (Å²) in [6.45, 7) is 0.0235. The summed E-state index contributed by atoms with van der Waals surface area (Å²) in [6, 6.07) is 34.2. The Hall–Kier alpha value is -4.88. The second kappa shape index (κ2) is 13.2. The molecule has 0 saturated heterocycles. The monoisotopic (exact) mass is 613 g/mol. The molecule has 44 heavy (non-hydrogen) atoms. The molecule has 5 aromatic carbocycles. The number of carboxylic acids is 1. The van der Waals surface area contributed by atoms with Crippen LogP contribution in [0.4, 0.5) is 13.2 Å². The average Bonchev–Trinajstić information content (AvgIpc) is 3.03. The highest BCUT2D eigenvalue weighted by molar-refractivity contribution is 6.30. The molecular formula is C36H27ClF3NO3. The number of hydrogen-bond donors (Lipinski definition) is 1. The van der Waals surface area contributed by atoms with Crippen LogP contribution in [-0.4, -0.2) is 27.9 Å². The van der Waals surface area contributed by atoms with E-state index in [1.54, 1.807) is 48.5 Å². The highest BCUT2D eigenvalue weighted by atomic mass is 35.5. The number of carboxylic acid groups (broad SMARTS) is 1. The SMILES string of the molecule is O=C(O)[C@H](Cc1ccc(-c2ccccc2)cc1)N(Cc1ccc(Cl)cc1)C(=O)c1ccc(-c2ccc(C(F)(F)F)cc2)cc1. The number of amides is 1. The van der Waals surface area contributed by atoms with E-state index in [0.717, 1.165) is 28.8 Å². The fraction of sp³-hybridized carbons (Fsp3) is 0.111. The second-order valence-corrected chi connectivity index (χ2v) is 10.8. The molecule has 0 fully saturated rings. The predicted octanol–water partition coefficient (Wildman–Crippen LogP) is 9.03. The van der Waals surface area contributed by atoms with Gasteiger partial charge in [0.1, 0.15) is 6.04 Å². The number of nitrogens with zero attached hydrogens (tertiary/aromatic N) is 1. The Labute approximate surface area is 258 Å². The molecule has 8 heteroatoms. The summed E-state index contributed by atoms with van der Waals surface area (Å²) < 4.78 is 38.9. The van der Waals surface area contributed by atoms with E-state index in [9.17, 15) is 27.9 Å². The summed E-state index contributed by atoms with van der Waals surface area (Å²) in [5, 5.41) is 10.8. The number of carbonyl (C=O) groups excluding carboxylic acids is 1. The van der Waals surface area contributed by atoms with Gasteiger partial charge in [-0.2, -0.15) is 13.2 Å². The van der Waals surface area contributed by atoms with Gasteiger partial charge in [0.2, 0.25) is 0 Å². The van der Waals surface area contributed by atoms with Crippen molar-refractivity contribution in [2.24, 2.45) is 0 Å². The molecule has 0 aromatic heterocycles. The first-order chi connectivity index (χ1) is 21.1. The molecule has 1 amide bonds. The lowest BCUT2D eigenvalue weighted by Gasteiger charge is -2.30. The van der Waals surface area contributed by atoms with Crippen molar-refractivity contribution in [1.82, 2.24) is 4.90 Å². The molecule has 1 atom stereocenters. The first-order valence-corrected chi connectivity index (χ1v) is 14.2. The van der Waals surface area contributed by atoms with Crippen LogP contribution in [0.15, 0.2) is 127 Å². The average molecular weight is 614 g/mol. The fourth-order valence-electron chi connectivity index (χ4n) is 4.95. The van der Waals surface area contributed by atoms with Gasteiger partial charge in [-0.3, -0.25) is 4.79 Å². The van der Waals surface area contributed by atoms with Crippen molar-refractivity contribution in [2.45, 2.75) is 25.2 Å². The van der Waals surface area contributed by atoms with Gasteiger partial charge in [-0.25, -0.2) is 4.79 Å². The third-order valence-electron chi connectivity index (χ3n) is 7.36. The molecular weight excluding hydrogens is 587 g/mol. The number of hydrogen-bond acceptors (Lipinski definition) is 2.